The summed E-state index contributed by atoms with van der Waals surface area (Å²) in [5, 5.41) is 0. The van der Waals surface area contributed by atoms with Gasteiger partial charge >= 0.3 is 0 Å². The highest BCUT2D eigenvalue weighted by atomic mass is 79.9. The van der Waals surface area contributed by atoms with Crippen LogP contribution in [0.5, 0.6) is 0 Å². The van der Waals surface area contributed by atoms with Crippen molar-refractivity contribution in [2.45, 2.75) is 9.79 Å². The first-order valence-corrected chi connectivity index (χ1v) is 9.86. The molecule has 1 aliphatic heterocycles. The van der Waals surface area contributed by atoms with Crippen molar-refractivity contribution in [3.63, 3.8) is 0 Å². The maximum absolute atomic E-state index is 13.7. The molecule has 0 aromatic heterocycles. The lowest BCUT2D eigenvalue weighted by Gasteiger charge is -2.20. The molecule has 3 aromatic rings. The summed E-state index contributed by atoms with van der Waals surface area (Å²) in [6.45, 7) is 0. The Hall–Kier alpha value is -2.17. The number of fused-ring (bicyclic) bond motifs is 1. The summed E-state index contributed by atoms with van der Waals surface area (Å²) in [7, 11) is -2.64. The Morgan fingerprint density at radius 3 is 2.38 bits per heavy atom. The molecule has 0 spiro atoms. The minimum Gasteiger partial charge on any atom is -0.239 e. The first-order chi connectivity index (χ1) is 11.7. The van der Waals surface area contributed by atoms with Crippen LogP contribution in [0, 0.1) is 0 Å². The van der Waals surface area contributed by atoms with Crippen molar-refractivity contribution in [1.82, 2.24) is 0 Å². The summed E-state index contributed by atoms with van der Waals surface area (Å²) < 4.78 is 19.2. The van der Waals surface area contributed by atoms with Crippen LogP contribution in [0.1, 0.15) is 11.1 Å². The molecule has 0 radical (unpaired) electrons. The van der Waals surface area contributed by atoms with Crippen molar-refractivity contribution >= 4 is 31.2 Å². The Balaban J connectivity index is 2.00. The molecule has 4 heteroatoms. The lowest BCUT2D eigenvalue weighted by molar-refractivity contribution is 0.676. The Morgan fingerprint density at radius 1 is 0.833 bits per heavy atom. The van der Waals surface area contributed by atoms with Crippen LogP contribution in [0.15, 0.2) is 104 Å². The van der Waals surface area contributed by atoms with E-state index >= 15 is 0 Å². The second kappa shape index (κ2) is 6.04. The Kier molecular flexibility index (Phi) is 3.87. The van der Waals surface area contributed by atoms with Crippen LogP contribution in [0.3, 0.4) is 0 Å². The van der Waals surface area contributed by atoms with Gasteiger partial charge in [0.25, 0.3) is 0 Å². The molecule has 0 N–H and O–H groups in total. The average Bonchev–Trinajstić information content (AvgIpc) is 2.63. The highest BCUT2D eigenvalue weighted by Crippen LogP contribution is 2.37. The Bertz CT molecular complexity index is 1060. The van der Waals surface area contributed by atoms with E-state index in [9.17, 15) is 4.21 Å². The topological polar surface area (TPSA) is 29.4 Å². The third kappa shape index (κ3) is 2.52. The lowest BCUT2D eigenvalue weighted by Crippen LogP contribution is -2.08. The van der Waals surface area contributed by atoms with Crippen LogP contribution < -0.4 is 0 Å². The number of halogens is 1. The van der Waals surface area contributed by atoms with Crippen LogP contribution in [0.25, 0.3) is 5.57 Å². The van der Waals surface area contributed by atoms with Crippen molar-refractivity contribution in [3.05, 3.63) is 101 Å². The summed E-state index contributed by atoms with van der Waals surface area (Å²) in [5.41, 5.74) is 3.01. The molecule has 3 aromatic carbocycles. The van der Waals surface area contributed by atoms with E-state index in [0.29, 0.717) is 0 Å². The van der Waals surface area contributed by atoms with Gasteiger partial charge in [-0.3, -0.25) is 0 Å². The van der Waals surface area contributed by atoms with Crippen molar-refractivity contribution in [2.24, 2.45) is 4.36 Å². The molecule has 1 atom stereocenters. The van der Waals surface area contributed by atoms with E-state index in [2.05, 4.69) is 20.3 Å². The maximum atomic E-state index is 13.7. The molecule has 1 aliphatic rings. The van der Waals surface area contributed by atoms with Crippen molar-refractivity contribution in [2.75, 3.05) is 0 Å². The summed E-state index contributed by atoms with van der Waals surface area (Å²) in [4.78, 5) is 1.51. The van der Waals surface area contributed by atoms with Crippen LogP contribution in [0.4, 0.5) is 0 Å². The first-order valence-electron chi connectivity index (χ1n) is 7.55. The van der Waals surface area contributed by atoms with Crippen LogP contribution >= 0.6 is 15.9 Å². The number of hydrogen-bond donors (Lipinski definition) is 0. The fraction of sp³-hybridized carbons (Fsp3) is 0. The normalized spacial score (nSPS) is 19.1. The number of rotatable bonds is 2. The van der Waals surface area contributed by atoms with Gasteiger partial charge in [0.15, 0.2) is 0 Å². The smallest absolute Gasteiger partial charge is 0.109 e. The summed E-state index contributed by atoms with van der Waals surface area (Å²) in [6, 6.07) is 25.4. The monoisotopic (exact) mass is 395 g/mol. The van der Waals surface area contributed by atoms with Crippen molar-refractivity contribution in [3.8, 4) is 0 Å². The summed E-state index contributed by atoms with van der Waals surface area (Å²) in [5.74, 6) is 0. The third-order valence-electron chi connectivity index (χ3n) is 4.00. The largest absolute Gasteiger partial charge is 0.239 e. The van der Waals surface area contributed by atoms with Gasteiger partial charge in [-0.15, -0.1) is 0 Å². The van der Waals surface area contributed by atoms with Gasteiger partial charge in [0.1, 0.15) is 9.73 Å². The van der Waals surface area contributed by atoms with Gasteiger partial charge in [-0.25, -0.2) is 4.21 Å². The molecule has 0 amide bonds. The fourth-order valence-corrected chi connectivity index (χ4v) is 5.27. The van der Waals surface area contributed by atoms with E-state index in [1.807, 2.05) is 78.9 Å². The second-order valence-corrected chi connectivity index (χ2v) is 8.58. The number of hydrogen-bond acceptors (Lipinski definition) is 2. The second-order valence-electron chi connectivity index (χ2n) is 5.49. The van der Waals surface area contributed by atoms with Crippen LogP contribution in [-0.2, 0) is 9.73 Å². The zero-order valence-corrected chi connectivity index (χ0v) is 15.1. The minimum absolute atomic E-state index is 0.738. The SMILES string of the molecule is O=S1(c2ccccc2)=NC=C(c2cccc(Br)c2)c2ccccc21. The first kappa shape index (κ1) is 15.4. The predicted molar refractivity (Wildman–Crippen MR) is 101 cm³/mol. The third-order valence-corrected chi connectivity index (χ3v) is 6.76. The van der Waals surface area contributed by atoms with E-state index < -0.39 is 9.73 Å². The maximum Gasteiger partial charge on any atom is 0.109 e. The quantitative estimate of drug-likeness (QED) is 0.543. The fourth-order valence-electron chi connectivity index (χ4n) is 2.86. The predicted octanol–water partition coefficient (Wildman–Crippen LogP) is 5.74. The zero-order chi connectivity index (χ0) is 16.6. The number of nitrogens with zero attached hydrogens (tertiary/aromatic N) is 1. The molecule has 1 unspecified atom stereocenters. The molecule has 2 nitrogen and oxygen atoms in total. The van der Waals surface area contributed by atoms with E-state index in [1.54, 1.807) is 6.20 Å². The molecule has 0 saturated carbocycles. The lowest BCUT2D eigenvalue weighted by atomic mass is 9.99. The van der Waals surface area contributed by atoms with E-state index in [0.717, 1.165) is 31.0 Å². The molecule has 0 fully saturated rings. The molecular weight excluding hydrogens is 382 g/mol. The highest BCUT2D eigenvalue weighted by molar-refractivity contribution is 9.10. The van der Waals surface area contributed by atoms with Crippen LogP contribution in [0.2, 0.25) is 0 Å². The van der Waals surface area contributed by atoms with Gasteiger partial charge in [0.2, 0.25) is 0 Å². The molecule has 4 rings (SSSR count). The zero-order valence-electron chi connectivity index (χ0n) is 12.7. The van der Waals surface area contributed by atoms with Gasteiger partial charge in [0.05, 0.1) is 9.79 Å². The summed E-state index contributed by atoms with van der Waals surface area (Å²) in [6.07, 6.45) is 1.75. The molecule has 1 heterocycles. The van der Waals surface area contributed by atoms with Crippen LogP contribution in [-0.4, -0.2) is 4.21 Å². The minimum atomic E-state index is -2.64. The molecular formula is C20H14BrNOS. The van der Waals surface area contributed by atoms with E-state index in [1.165, 1.54) is 0 Å². The van der Waals surface area contributed by atoms with E-state index in [-0.39, 0.29) is 0 Å². The van der Waals surface area contributed by atoms with Crippen molar-refractivity contribution in [1.29, 1.82) is 0 Å². The average molecular weight is 396 g/mol. The molecule has 0 bridgehead atoms. The molecule has 0 aliphatic carbocycles. The van der Waals surface area contributed by atoms with Gasteiger partial charge < -0.3 is 0 Å². The Labute approximate surface area is 150 Å². The van der Waals surface area contributed by atoms with Crippen molar-refractivity contribution < 1.29 is 4.21 Å². The molecule has 24 heavy (non-hydrogen) atoms. The Morgan fingerprint density at radius 2 is 1.58 bits per heavy atom. The molecule has 0 saturated heterocycles. The van der Waals surface area contributed by atoms with Gasteiger partial charge in [-0.2, -0.15) is 4.36 Å². The van der Waals surface area contributed by atoms with Gasteiger partial charge in [-0.1, -0.05) is 64.5 Å². The van der Waals surface area contributed by atoms with Gasteiger partial charge in [0, 0.05) is 21.8 Å². The molecule has 118 valence electrons. The standard InChI is InChI=1S/C20H14BrNOS/c21-16-8-6-7-15(13-16)19-14-22-24(23,17-9-2-1-3-10-17)20-12-5-4-11-18(19)20/h1-14H. The van der Waals surface area contributed by atoms with E-state index in [4.69, 9.17) is 0 Å². The van der Waals surface area contributed by atoms with Gasteiger partial charge in [-0.05, 0) is 35.9 Å². The number of benzene rings is 3. The summed E-state index contributed by atoms with van der Waals surface area (Å²) >= 11 is 3.51. The highest BCUT2D eigenvalue weighted by Gasteiger charge is 2.24.